The topological polar surface area (TPSA) is 49.3 Å². The van der Waals surface area contributed by atoms with Crippen LogP contribution in [0.3, 0.4) is 0 Å². The van der Waals surface area contributed by atoms with Gasteiger partial charge in [-0.1, -0.05) is 58.0 Å². The Hall–Kier alpha value is -1.35. The molecule has 1 aromatic carbocycles. The highest BCUT2D eigenvalue weighted by Crippen LogP contribution is 2.27. The van der Waals surface area contributed by atoms with Gasteiger partial charge in [0.2, 0.25) is 0 Å². The zero-order valence-electron chi connectivity index (χ0n) is 11.7. The summed E-state index contributed by atoms with van der Waals surface area (Å²) in [5.41, 5.74) is -0.136. The Kier molecular flexibility index (Phi) is 4.52. The van der Waals surface area contributed by atoms with Crippen LogP contribution in [0, 0.1) is 5.41 Å². The third-order valence-electron chi connectivity index (χ3n) is 3.08. The zero-order valence-corrected chi connectivity index (χ0v) is 11.7. The normalized spacial score (nSPS) is 15.1. The standard InChI is InChI=1S/C15H23NO2/c1-5-15(13(17)18,16-11-14(2,3)4)12-9-7-6-8-10-12/h6-10,16H,5,11H2,1-4H3,(H,17,18). The van der Waals surface area contributed by atoms with E-state index in [1.54, 1.807) is 0 Å². The van der Waals surface area contributed by atoms with Gasteiger partial charge in [-0.2, -0.15) is 0 Å². The quantitative estimate of drug-likeness (QED) is 0.843. The fourth-order valence-electron chi connectivity index (χ4n) is 1.92. The minimum absolute atomic E-state index is 0.0463. The summed E-state index contributed by atoms with van der Waals surface area (Å²) in [6.07, 6.45) is 0.516. The predicted octanol–water partition coefficient (Wildman–Crippen LogP) is 3.01. The number of hydrogen-bond acceptors (Lipinski definition) is 2. The second-order valence-electron chi connectivity index (χ2n) is 5.84. The highest BCUT2D eigenvalue weighted by atomic mass is 16.4. The van der Waals surface area contributed by atoms with Gasteiger partial charge in [-0.05, 0) is 17.4 Å². The number of nitrogens with one attached hydrogen (secondary N) is 1. The van der Waals surface area contributed by atoms with Crippen LogP contribution in [0.25, 0.3) is 0 Å². The van der Waals surface area contributed by atoms with E-state index in [4.69, 9.17) is 0 Å². The van der Waals surface area contributed by atoms with Gasteiger partial charge in [-0.3, -0.25) is 5.32 Å². The molecule has 1 atom stereocenters. The van der Waals surface area contributed by atoms with Crippen molar-refractivity contribution < 1.29 is 9.90 Å². The second-order valence-corrected chi connectivity index (χ2v) is 5.84. The van der Waals surface area contributed by atoms with Crippen molar-refractivity contribution in [1.82, 2.24) is 5.32 Å². The summed E-state index contributed by atoms with van der Waals surface area (Å²) < 4.78 is 0. The van der Waals surface area contributed by atoms with E-state index in [1.807, 2.05) is 37.3 Å². The van der Waals surface area contributed by atoms with E-state index in [-0.39, 0.29) is 5.41 Å². The first kappa shape index (κ1) is 14.7. The molecule has 1 unspecified atom stereocenters. The van der Waals surface area contributed by atoms with E-state index in [0.717, 1.165) is 5.56 Å². The van der Waals surface area contributed by atoms with E-state index >= 15 is 0 Å². The molecule has 0 aliphatic heterocycles. The van der Waals surface area contributed by atoms with E-state index in [0.29, 0.717) is 13.0 Å². The van der Waals surface area contributed by atoms with Gasteiger partial charge >= 0.3 is 5.97 Å². The molecule has 0 saturated heterocycles. The zero-order chi connectivity index (χ0) is 13.8. The Morgan fingerprint density at radius 2 is 1.78 bits per heavy atom. The first-order valence-electron chi connectivity index (χ1n) is 6.36. The van der Waals surface area contributed by atoms with Crippen LogP contribution in [0.4, 0.5) is 0 Å². The molecule has 0 spiro atoms. The highest BCUT2D eigenvalue weighted by molar-refractivity contribution is 5.80. The summed E-state index contributed by atoms with van der Waals surface area (Å²) in [6.45, 7) is 8.83. The molecule has 3 nitrogen and oxygen atoms in total. The number of aliphatic carboxylic acids is 1. The van der Waals surface area contributed by atoms with Crippen LogP contribution in [0.5, 0.6) is 0 Å². The molecule has 1 aromatic rings. The summed E-state index contributed by atoms with van der Waals surface area (Å²) in [4.78, 5) is 11.7. The lowest BCUT2D eigenvalue weighted by atomic mass is 9.85. The maximum atomic E-state index is 11.7. The average Bonchev–Trinajstić information content (AvgIpc) is 2.30. The van der Waals surface area contributed by atoms with Crippen LogP contribution < -0.4 is 5.32 Å². The summed E-state index contributed by atoms with van der Waals surface area (Å²) in [6, 6.07) is 9.39. The molecule has 0 saturated carbocycles. The second kappa shape index (κ2) is 5.53. The van der Waals surface area contributed by atoms with Crippen LogP contribution in [0.15, 0.2) is 30.3 Å². The number of carboxylic acids is 1. The SMILES string of the molecule is CCC(NCC(C)(C)C)(C(=O)O)c1ccccc1. The van der Waals surface area contributed by atoms with E-state index in [1.165, 1.54) is 0 Å². The minimum atomic E-state index is -0.992. The Labute approximate surface area is 109 Å². The molecule has 0 heterocycles. The van der Waals surface area contributed by atoms with Crippen molar-refractivity contribution in [2.75, 3.05) is 6.54 Å². The summed E-state index contributed by atoms with van der Waals surface area (Å²) in [5, 5.41) is 12.9. The number of carbonyl (C=O) groups is 1. The maximum Gasteiger partial charge on any atom is 0.328 e. The average molecular weight is 249 g/mol. The van der Waals surface area contributed by atoms with E-state index in [2.05, 4.69) is 26.1 Å². The van der Waals surface area contributed by atoms with Gasteiger partial charge in [0.25, 0.3) is 0 Å². The number of benzene rings is 1. The first-order valence-corrected chi connectivity index (χ1v) is 6.36. The van der Waals surface area contributed by atoms with Crippen LogP contribution >= 0.6 is 0 Å². The van der Waals surface area contributed by atoms with Crippen LogP contribution in [-0.4, -0.2) is 17.6 Å². The molecule has 0 amide bonds. The van der Waals surface area contributed by atoms with Gasteiger partial charge in [0.15, 0.2) is 0 Å². The molecular formula is C15H23NO2. The van der Waals surface area contributed by atoms with Gasteiger partial charge in [-0.15, -0.1) is 0 Å². The van der Waals surface area contributed by atoms with Crippen molar-refractivity contribution in [3.63, 3.8) is 0 Å². The van der Waals surface area contributed by atoms with Gasteiger partial charge in [0.05, 0.1) is 0 Å². The lowest BCUT2D eigenvalue weighted by Gasteiger charge is -2.33. The Morgan fingerprint density at radius 3 is 2.17 bits per heavy atom. The Balaban J connectivity index is 3.07. The minimum Gasteiger partial charge on any atom is -0.480 e. The predicted molar refractivity (Wildman–Crippen MR) is 73.5 cm³/mol. The lowest BCUT2D eigenvalue weighted by Crippen LogP contribution is -2.51. The number of carboxylic acid groups (broad SMARTS) is 1. The Morgan fingerprint density at radius 1 is 1.22 bits per heavy atom. The van der Waals surface area contributed by atoms with Crippen molar-refractivity contribution in [3.8, 4) is 0 Å². The molecule has 1 rings (SSSR count). The number of hydrogen-bond donors (Lipinski definition) is 2. The fraction of sp³-hybridized carbons (Fsp3) is 0.533. The van der Waals surface area contributed by atoms with Crippen molar-refractivity contribution in [3.05, 3.63) is 35.9 Å². The fourth-order valence-corrected chi connectivity index (χ4v) is 1.92. The largest absolute Gasteiger partial charge is 0.480 e. The van der Waals surface area contributed by atoms with Gasteiger partial charge in [0, 0.05) is 6.54 Å². The van der Waals surface area contributed by atoms with Crippen LogP contribution in [0.2, 0.25) is 0 Å². The first-order chi connectivity index (χ1) is 8.32. The third kappa shape index (κ3) is 3.33. The summed E-state index contributed by atoms with van der Waals surface area (Å²) in [7, 11) is 0. The van der Waals surface area contributed by atoms with Gasteiger partial charge in [-0.25, -0.2) is 4.79 Å². The molecule has 0 aromatic heterocycles. The molecule has 0 fully saturated rings. The van der Waals surface area contributed by atoms with Gasteiger partial charge in [0.1, 0.15) is 5.54 Å². The number of rotatable bonds is 5. The molecule has 0 aliphatic carbocycles. The van der Waals surface area contributed by atoms with Crippen molar-refractivity contribution >= 4 is 5.97 Å². The molecule has 100 valence electrons. The summed E-state index contributed by atoms with van der Waals surface area (Å²) in [5.74, 6) is -0.819. The van der Waals surface area contributed by atoms with Gasteiger partial charge < -0.3 is 5.11 Å². The smallest absolute Gasteiger partial charge is 0.328 e. The molecule has 18 heavy (non-hydrogen) atoms. The van der Waals surface area contributed by atoms with Crippen molar-refractivity contribution in [2.24, 2.45) is 5.41 Å². The monoisotopic (exact) mass is 249 g/mol. The van der Waals surface area contributed by atoms with Crippen molar-refractivity contribution in [1.29, 1.82) is 0 Å². The van der Waals surface area contributed by atoms with E-state index < -0.39 is 11.5 Å². The van der Waals surface area contributed by atoms with Crippen LogP contribution in [0.1, 0.15) is 39.7 Å². The maximum absolute atomic E-state index is 11.7. The lowest BCUT2D eigenvalue weighted by molar-refractivity contribution is -0.145. The molecule has 0 aliphatic rings. The highest BCUT2D eigenvalue weighted by Gasteiger charge is 2.38. The molecule has 2 N–H and O–H groups in total. The molecular weight excluding hydrogens is 226 g/mol. The molecule has 0 radical (unpaired) electrons. The third-order valence-corrected chi connectivity index (χ3v) is 3.08. The summed E-state index contributed by atoms with van der Waals surface area (Å²) >= 11 is 0. The van der Waals surface area contributed by atoms with E-state index in [9.17, 15) is 9.90 Å². The molecule has 0 bridgehead atoms. The van der Waals surface area contributed by atoms with Crippen LogP contribution in [-0.2, 0) is 10.3 Å². The Bertz CT molecular complexity index is 395. The molecule has 3 heteroatoms. The van der Waals surface area contributed by atoms with Crippen molar-refractivity contribution in [2.45, 2.75) is 39.7 Å².